The minimum atomic E-state index is -0.249. The van der Waals surface area contributed by atoms with Crippen molar-refractivity contribution < 1.29 is 4.79 Å². The van der Waals surface area contributed by atoms with Crippen LogP contribution in [0.2, 0.25) is 5.02 Å². The van der Waals surface area contributed by atoms with Crippen LogP contribution in [0.3, 0.4) is 0 Å². The molecule has 100 valence electrons. The first-order valence-electron chi connectivity index (χ1n) is 5.85. The van der Waals surface area contributed by atoms with Gasteiger partial charge in [-0.25, -0.2) is 9.78 Å². The normalized spacial score (nSPS) is 10.2. The maximum atomic E-state index is 11.6. The molecule has 2 N–H and O–H groups in total. The van der Waals surface area contributed by atoms with E-state index < -0.39 is 0 Å². The van der Waals surface area contributed by atoms with Crippen molar-refractivity contribution in [1.82, 2.24) is 10.3 Å². The monoisotopic (exact) mass is 295 g/mol. The molecule has 0 radical (unpaired) electrons. The van der Waals surface area contributed by atoms with Crippen molar-refractivity contribution in [3.05, 3.63) is 45.9 Å². The zero-order chi connectivity index (χ0) is 13.7. The van der Waals surface area contributed by atoms with Crippen LogP contribution in [0.1, 0.15) is 11.3 Å². The fraction of sp³-hybridized carbons (Fsp3) is 0.231. The van der Waals surface area contributed by atoms with Gasteiger partial charge in [-0.1, -0.05) is 29.8 Å². The van der Waals surface area contributed by atoms with E-state index in [9.17, 15) is 4.79 Å². The molecule has 1 aromatic heterocycles. The number of hydrogen-bond donors (Lipinski definition) is 2. The summed E-state index contributed by atoms with van der Waals surface area (Å²) in [6.07, 6.45) is 0.698. The Bertz CT molecular complexity index is 571. The highest BCUT2D eigenvalue weighted by Gasteiger charge is 2.05. The molecule has 1 aromatic carbocycles. The number of rotatable bonds is 4. The van der Waals surface area contributed by atoms with Crippen molar-refractivity contribution in [3.8, 4) is 0 Å². The molecule has 4 nitrogen and oxygen atoms in total. The lowest BCUT2D eigenvalue weighted by molar-refractivity contribution is 0.252. The second-order valence-electron chi connectivity index (χ2n) is 4.02. The highest BCUT2D eigenvalue weighted by molar-refractivity contribution is 7.13. The number of urea groups is 1. The van der Waals surface area contributed by atoms with Crippen molar-refractivity contribution in [2.45, 2.75) is 13.3 Å². The van der Waals surface area contributed by atoms with Crippen LogP contribution in [0.15, 0.2) is 29.6 Å². The van der Waals surface area contributed by atoms with E-state index in [0.717, 1.165) is 16.3 Å². The number of carbonyl (C=O) groups is 1. The number of halogens is 1. The molecule has 0 unspecified atom stereocenters. The molecule has 6 heteroatoms. The fourth-order valence-electron chi connectivity index (χ4n) is 1.56. The van der Waals surface area contributed by atoms with Gasteiger partial charge in [0.15, 0.2) is 5.13 Å². The lowest BCUT2D eigenvalue weighted by Crippen LogP contribution is -2.30. The van der Waals surface area contributed by atoms with E-state index in [2.05, 4.69) is 15.6 Å². The zero-order valence-corrected chi connectivity index (χ0v) is 12.0. The number of aromatic nitrogens is 1. The van der Waals surface area contributed by atoms with E-state index in [-0.39, 0.29) is 6.03 Å². The van der Waals surface area contributed by atoms with Gasteiger partial charge in [-0.15, -0.1) is 11.3 Å². The van der Waals surface area contributed by atoms with Crippen LogP contribution in [-0.4, -0.2) is 17.6 Å². The number of benzene rings is 1. The van der Waals surface area contributed by atoms with Gasteiger partial charge in [0.25, 0.3) is 0 Å². The van der Waals surface area contributed by atoms with E-state index >= 15 is 0 Å². The highest BCUT2D eigenvalue weighted by Crippen LogP contribution is 2.15. The third kappa shape index (κ3) is 4.22. The number of aryl methyl sites for hydroxylation is 1. The predicted molar refractivity (Wildman–Crippen MR) is 79.0 cm³/mol. The Labute approximate surface area is 120 Å². The molecule has 2 amide bonds. The molecule has 0 atom stereocenters. The molecule has 0 aliphatic carbocycles. The first kappa shape index (κ1) is 13.8. The smallest absolute Gasteiger partial charge is 0.321 e. The van der Waals surface area contributed by atoms with Gasteiger partial charge in [0.05, 0.1) is 5.69 Å². The van der Waals surface area contributed by atoms with Crippen LogP contribution in [0.25, 0.3) is 0 Å². The Morgan fingerprint density at radius 1 is 1.42 bits per heavy atom. The molecular weight excluding hydrogens is 282 g/mol. The molecular formula is C13H14ClN3OS. The van der Waals surface area contributed by atoms with E-state index in [0.29, 0.717) is 18.1 Å². The summed E-state index contributed by atoms with van der Waals surface area (Å²) >= 11 is 7.44. The molecule has 0 spiro atoms. The van der Waals surface area contributed by atoms with E-state index in [4.69, 9.17) is 11.6 Å². The van der Waals surface area contributed by atoms with Crippen molar-refractivity contribution in [2.75, 3.05) is 11.9 Å². The average Bonchev–Trinajstić information content (AvgIpc) is 2.77. The first-order valence-corrected chi connectivity index (χ1v) is 7.11. The quantitative estimate of drug-likeness (QED) is 0.907. The highest BCUT2D eigenvalue weighted by atomic mass is 35.5. The topological polar surface area (TPSA) is 54.0 Å². The SMILES string of the molecule is Cc1csc(NC(=O)NCCc2ccccc2Cl)n1. The second-order valence-corrected chi connectivity index (χ2v) is 5.28. The Balaban J connectivity index is 1.77. The molecule has 1 heterocycles. The largest absolute Gasteiger partial charge is 0.337 e. The molecule has 0 saturated carbocycles. The summed E-state index contributed by atoms with van der Waals surface area (Å²) in [5.41, 5.74) is 1.92. The van der Waals surface area contributed by atoms with Gasteiger partial charge in [-0.05, 0) is 25.0 Å². The van der Waals surface area contributed by atoms with Crippen LogP contribution in [0, 0.1) is 6.92 Å². The van der Waals surface area contributed by atoms with E-state index in [1.165, 1.54) is 11.3 Å². The van der Waals surface area contributed by atoms with E-state index in [1.54, 1.807) is 0 Å². The summed E-state index contributed by atoms with van der Waals surface area (Å²) < 4.78 is 0. The fourth-order valence-corrected chi connectivity index (χ4v) is 2.48. The van der Waals surface area contributed by atoms with Gasteiger partial charge in [-0.2, -0.15) is 0 Å². The zero-order valence-electron chi connectivity index (χ0n) is 10.4. The van der Waals surface area contributed by atoms with Crippen molar-refractivity contribution in [1.29, 1.82) is 0 Å². The number of anilines is 1. The molecule has 19 heavy (non-hydrogen) atoms. The average molecular weight is 296 g/mol. The maximum Gasteiger partial charge on any atom is 0.321 e. The second kappa shape index (κ2) is 6.54. The third-order valence-corrected chi connectivity index (χ3v) is 3.72. The van der Waals surface area contributed by atoms with Crippen LogP contribution >= 0.6 is 22.9 Å². The summed E-state index contributed by atoms with van der Waals surface area (Å²) in [5, 5.41) is 8.68. The Hall–Kier alpha value is -1.59. The van der Waals surface area contributed by atoms with Gasteiger partial charge in [0, 0.05) is 16.9 Å². The standard InChI is InChI=1S/C13H14ClN3OS/c1-9-8-19-13(16-9)17-12(18)15-7-6-10-4-2-3-5-11(10)14/h2-5,8H,6-7H2,1H3,(H2,15,16,17,18). The molecule has 0 aliphatic rings. The number of carbonyl (C=O) groups excluding carboxylic acids is 1. The third-order valence-electron chi connectivity index (χ3n) is 2.48. The van der Waals surface area contributed by atoms with Gasteiger partial charge < -0.3 is 5.32 Å². The molecule has 2 aromatic rings. The number of hydrogen-bond acceptors (Lipinski definition) is 3. The Morgan fingerprint density at radius 3 is 2.89 bits per heavy atom. The lowest BCUT2D eigenvalue weighted by atomic mass is 10.1. The summed E-state index contributed by atoms with van der Waals surface area (Å²) in [5.74, 6) is 0. The summed E-state index contributed by atoms with van der Waals surface area (Å²) in [6, 6.07) is 7.36. The minimum Gasteiger partial charge on any atom is -0.337 e. The molecule has 0 saturated heterocycles. The van der Waals surface area contributed by atoms with Crippen molar-refractivity contribution in [2.24, 2.45) is 0 Å². The van der Waals surface area contributed by atoms with Gasteiger partial charge in [-0.3, -0.25) is 5.32 Å². The summed E-state index contributed by atoms with van der Waals surface area (Å²) in [7, 11) is 0. The summed E-state index contributed by atoms with van der Waals surface area (Å²) in [4.78, 5) is 15.8. The molecule has 0 bridgehead atoms. The van der Waals surface area contributed by atoms with Crippen LogP contribution in [-0.2, 0) is 6.42 Å². The van der Waals surface area contributed by atoms with Crippen molar-refractivity contribution in [3.63, 3.8) is 0 Å². The van der Waals surface area contributed by atoms with Crippen molar-refractivity contribution >= 4 is 34.1 Å². The Kier molecular flexibility index (Phi) is 4.76. The van der Waals surface area contributed by atoms with Gasteiger partial charge in [0.2, 0.25) is 0 Å². The first-order chi connectivity index (χ1) is 9.15. The number of thiazole rings is 1. The van der Waals surface area contributed by atoms with Crippen LogP contribution < -0.4 is 10.6 Å². The van der Waals surface area contributed by atoms with Gasteiger partial charge >= 0.3 is 6.03 Å². The minimum absolute atomic E-state index is 0.249. The van der Waals surface area contributed by atoms with Gasteiger partial charge in [0.1, 0.15) is 0 Å². The molecule has 2 rings (SSSR count). The lowest BCUT2D eigenvalue weighted by Gasteiger charge is -2.06. The molecule has 0 aliphatic heterocycles. The van der Waals surface area contributed by atoms with Crippen LogP contribution in [0.5, 0.6) is 0 Å². The van der Waals surface area contributed by atoms with Crippen LogP contribution in [0.4, 0.5) is 9.93 Å². The maximum absolute atomic E-state index is 11.6. The Morgan fingerprint density at radius 2 is 2.21 bits per heavy atom. The molecule has 0 fully saturated rings. The number of nitrogens with zero attached hydrogens (tertiary/aromatic N) is 1. The predicted octanol–water partition coefficient (Wildman–Crippen LogP) is 3.47. The number of amides is 2. The number of nitrogens with one attached hydrogen (secondary N) is 2. The summed E-state index contributed by atoms with van der Waals surface area (Å²) in [6.45, 7) is 2.41. The van der Waals surface area contributed by atoms with E-state index in [1.807, 2.05) is 36.6 Å².